The molecule has 0 radical (unpaired) electrons. The Kier molecular flexibility index (Phi) is 7.51. The zero-order valence-corrected chi connectivity index (χ0v) is 29.5. The van der Waals surface area contributed by atoms with Crippen molar-refractivity contribution in [2.45, 2.75) is 0 Å². The Labute approximate surface area is 317 Å². The van der Waals surface area contributed by atoms with Crippen LogP contribution in [0.4, 0.5) is 34.1 Å². The van der Waals surface area contributed by atoms with Gasteiger partial charge in [-0.1, -0.05) is 84.9 Å². The molecule has 0 unspecified atom stereocenters. The number of nitriles is 2. The lowest BCUT2D eigenvalue weighted by Crippen LogP contribution is -2.10. The third kappa shape index (κ3) is 5.47. The molecule has 0 aliphatic rings. The molecule has 0 saturated carbocycles. The number of hydrogen-bond donors (Lipinski definition) is 0. The molecule has 1 heterocycles. The first-order valence-corrected chi connectivity index (χ1v) is 18.1. The Morgan fingerprint density at radius 3 is 1.44 bits per heavy atom. The lowest BCUT2D eigenvalue weighted by atomic mass is 10.00. The number of furan rings is 1. The fourth-order valence-corrected chi connectivity index (χ4v) is 7.81. The van der Waals surface area contributed by atoms with E-state index in [9.17, 15) is 10.5 Å². The molecule has 256 valence electrons. The molecule has 1 aromatic heterocycles. The van der Waals surface area contributed by atoms with Crippen LogP contribution in [0.3, 0.4) is 0 Å². The number of rotatable bonds is 6. The minimum Gasteiger partial charge on any atom is -0.456 e. The maximum atomic E-state index is 9.60. The summed E-state index contributed by atoms with van der Waals surface area (Å²) in [6.45, 7) is 0. The predicted molar refractivity (Wildman–Crippen MR) is 225 cm³/mol. The van der Waals surface area contributed by atoms with Crippen molar-refractivity contribution in [3.63, 3.8) is 0 Å². The van der Waals surface area contributed by atoms with Crippen molar-refractivity contribution in [2.24, 2.45) is 0 Å². The number of anilines is 6. The average Bonchev–Trinajstić information content (AvgIpc) is 3.62. The van der Waals surface area contributed by atoms with Gasteiger partial charge < -0.3 is 14.2 Å². The molecule has 9 aromatic carbocycles. The normalized spacial score (nSPS) is 11.2. The molecule has 0 saturated heterocycles. The number of benzene rings is 9. The van der Waals surface area contributed by atoms with E-state index in [-0.39, 0.29) is 0 Å². The van der Waals surface area contributed by atoms with Gasteiger partial charge in [-0.15, -0.1) is 0 Å². The minimum absolute atomic E-state index is 0.606. The van der Waals surface area contributed by atoms with E-state index in [1.54, 1.807) is 0 Å². The van der Waals surface area contributed by atoms with Crippen LogP contribution in [0.2, 0.25) is 0 Å². The van der Waals surface area contributed by atoms with Crippen molar-refractivity contribution in [1.82, 2.24) is 0 Å². The second-order valence-electron chi connectivity index (χ2n) is 13.6. The van der Waals surface area contributed by atoms with E-state index >= 15 is 0 Å². The summed E-state index contributed by atoms with van der Waals surface area (Å²) >= 11 is 0. The highest BCUT2D eigenvalue weighted by molar-refractivity contribution is 6.23. The lowest BCUT2D eigenvalue weighted by Gasteiger charge is -2.27. The number of nitrogens with zero attached hydrogens (tertiary/aromatic N) is 4. The van der Waals surface area contributed by atoms with Crippen LogP contribution in [0.25, 0.3) is 54.3 Å². The average molecular weight is 703 g/mol. The van der Waals surface area contributed by atoms with Crippen molar-refractivity contribution in [3.8, 4) is 12.1 Å². The molecule has 10 rings (SSSR count). The van der Waals surface area contributed by atoms with Gasteiger partial charge >= 0.3 is 0 Å². The quantitative estimate of drug-likeness (QED) is 0.173. The highest BCUT2D eigenvalue weighted by Crippen LogP contribution is 2.46. The summed E-state index contributed by atoms with van der Waals surface area (Å²) in [6.07, 6.45) is 0. The maximum Gasteiger partial charge on any atom is 0.138 e. The molecule has 0 fully saturated rings. The smallest absolute Gasteiger partial charge is 0.138 e. The second-order valence-corrected chi connectivity index (χ2v) is 13.6. The van der Waals surface area contributed by atoms with Gasteiger partial charge in [0, 0.05) is 56.7 Å². The molecular weight excluding hydrogens is 673 g/mol. The fraction of sp³-hybridized carbons (Fsp3) is 0. The van der Waals surface area contributed by atoms with Crippen molar-refractivity contribution < 1.29 is 4.42 Å². The Hall–Kier alpha value is -7.86. The van der Waals surface area contributed by atoms with E-state index in [2.05, 4.69) is 155 Å². The molecule has 0 atom stereocenters. The summed E-state index contributed by atoms with van der Waals surface area (Å²) in [6, 6.07) is 66.7. The van der Waals surface area contributed by atoms with Gasteiger partial charge in [-0.3, -0.25) is 0 Å². The monoisotopic (exact) mass is 702 g/mol. The third-order valence-corrected chi connectivity index (χ3v) is 10.4. The molecule has 5 nitrogen and oxygen atoms in total. The molecule has 0 aliphatic carbocycles. The molecular formula is C50H30N4O. The molecule has 55 heavy (non-hydrogen) atoms. The van der Waals surface area contributed by atoms with Crippen LogP contribution in [0, 0.1) is 22.7 Å². The number of fused-ring (bicyclic) bond motifs is 7. The molecule has 5 heteroatoms. The SMILES string of the molecule is N#Cc1ccc(N(c2ccc3ccccc3c2)c2ccc3c(c2)oc2cc(N(c4ccc(C#N)cc4)c4ccc5ccccc5c4)c4ccccc4c23)cc1. The minimum atomic E-state index is 0.606. The first-order valence-electron chi connectivity index (χ1n) is 18.1. The highest BCUT2D eigenvalue weighted by atomic mass is 16.3. The predicted octanol–water partition coefficient (Wildman–Crippen LogP) is 13.7. The van der Waals surface area contributed by atoms with Gasteiger partial charge in [0.15, 0.2) is 0 Å². The van der Waals surface area contributed by atoms with E-state index in [0.29, 0.717) is 11.1 Å². The lowest BCUT2D eigenvalue weighted by molar-refractivity contribution is 0.669. The van der Waals surface area contributed by atoms with Gasteiger partial charge in [0.2, 0.25) is 0 Å². The van der Waals surface area contributed by atoms with Gasteiger partial charge in [0.05, 0.1) is 29.0 Å². The molecule has 0 spiro atoms. The third-order valence-electron chi connectivity index (χ3n) is 10.4. The fourth-order valence-electron chi connectivity index (χ4n) is 7.81. The highest BCUT2D eigenvalue weighted by Gasteiger charge is 2.22. The van der Waals surface area contributed by atoms with Gasteiger partial charge in [-0.2, -0.15) is 10.5 Å². The Morgan fingerprint density at radius 2 is 0.836 bits per heavy atom. The summed E-state index contributed by atoms with van der Waals surface area (Å²) in [5.74, 6) is 0. The van der Waals surface area contributed by atoms with Crippen LogP contribution in [-0.4, -0.2) is 0 Å². The van der Waals surface area contributed by atoms with Crippen LogP contribution in [0.15, 0.2) is 186 Å². The van der Waals surface area contributed by atoms with Crippen LogP contribution in [0.1, 0.15) is 11.1 Å². The summed E-state index contributed by atoms with van der Waals surface area (Å²) < 4.78 is 6.86. The van der Waals surface area contributed by atoms with E-state index in [1.807, 2.05) is 48.5 Å². The second kappa shape index (κ2) is 13.0. The number of hydrogen-bond acceptors (Lipinski definition) is 5. The first-order chi connectivity index (χ1) is 27.1. The van der Waals surface area contributed by atoms with Gasteiger partial charge in [-0.05, 0) is 112 Å². The van der Waals surface area contributed by atoms with Crippen molar-refractivity contribution in [2.75, 3.05) is 9.80 Å². The summed E-state index contributed by atoms with van der Waals surface area (Å²) in [5, 5.41) is 28.0. The Morgan fingerprint density at radius 1 is 0.364 bits per heavy atom. The Balaban J connectivity index is 1.18. The zero-order valence-electron chi connectivity index (χ0n) is 29.5. The first kappa shape index (κ1) is 31.8. The molecule has 0 amide bonds. The van der Waals surface area contributed by atoms with Gasteiger partial charge in [0.25, 0.3) is 0 Å². The zero-order chi connectivity index (χ0) is 36.9. The standard InChI is InChI=1S/C50H30N4O/c51-31-33-13-19-39(20-14-33)53(41-23-17-35-7-1-3-9-37(35)27-41)43-25-26-46-48(29-43)55-49-30-47(44-11-5-6-12-45(44)50(46)49)54(40-21-15-34(32-52)16-22-40)42-24-18-36-8-2-4-10-38(36)28-42/h1-30H. The molecule has 0 N–H and O–H groups in total. The molecule has 0 bridgehead atoms. The van der Waals surface area contributed by atoms with Crippen LogP contribution >= 0.6 is 0 Å². The Bertz CT molecular complexity index is 3180. The topological polar surface area (TPSA) is 67.2 Å². The summed E-state index contributed by atoms with van der Waals surface area (Å²) in [4.78, 5) is 4.45. The van der Waals surface area contributed by atoms with Crippen LogP contribution < -0.4 is 9.80 Å². The van der Waals surface area contributed by atoms with Crippen molar-refractivity contribution >= 4 is 88.4 Å². The van der Waals surface area contributed by atoms with E-state index in [1.165, 1.54) is 5.39 Å². The van der Waals surface area contributed by atoms with Crippen molar-refractivity contribution in [3.05, 3.63) is 193 Å². The largest absolute Gasteiger partial charge is 0.456 e. The van der Waals surface area contributed by atoms with E-state index < -0.39 is 0 Å². The maximum absolute atomic E-state index is 9.60. The van der Waals surface area contributed by atoms with Crippen molar-refractivity contribution in [1.29, 1.82) is 10.5 Å². The summed E-state index contributed by atoms with van der Waals surface area (Å²) in [5.41, 5.74) is 8.53. The van der Waals surface area contributed by atoms with Gasteiger partial charge in [0.1, 0.15) is 11.2 Å². The molecule has 0 aliphatic heterocycles. The van der Waals surface area contributed by atoms with E-state index in [0.717, 1.165) is 83.0 Å². The van der Waals surface area contributed by atoms with Crippen LogP contribution in [0.5, 0.6) is 0 Å². The van der Waals surface area contributed by atoms with Gasteiger partial charge in [-0.25, -0.2) is 0 Å². The molecule has 10 aromatic rings. The van der Waals surface area contributed by atoms with Crippen LogP contribution in [-0.2, 0) is 0 Å². The summed E-state index contributed by atoms with van der Waals surface area (Å²) in [7, 11) is 0. The van der Waals surface area contributed by atoms with E-state index in [4.69, 9.17) is 4.42 Å².